The highest BCUT2D eigenvalue weighted by Crippen LogP contribution is 2.27. The van der Waals surface area contributed by atoms with Crippen LogP contribution in [0.5, 0.6) is 0 Å². The first kappa shape index (κ1) is 6.81. The van der Waals surface area contributed by atoms with E-state index < -0.39 is 0 Å². The minimum atomic E-state index is 0.427. The molecule has 0 aromatic heterocycles. The quantitative estimate of drug-likeness (QED) is 0.453. The van der Waals surface area contributed by atoms with Gasteiger partial charge in [0.05, 0.1) is 6.61 Å². The predicted octanol–water partition coefficient (Wildman–Crippen LogP) is 1.99. The first-order chi connectivity index (χ1) is 3.71. The van der Waals surface area contributed by atoms with E-state index in [4.69, 9.17) is 4.74 Å². The second-order valence-corrected chi connectivity index (χ2v) is 5.17. The summed E-state index contributed by atoms with van der Waals surface area (Å²) in [5.41, 5.74) is 0. The fourth-order valence-corrected chi connectivity index (χ4v) is 1.50. The maximum atomic E-state index is 5.28. The van der Waals surface area contributed by atoms with Crippen molar-refractivity contribution in [2.45, 2.75) is 23.2 Å². The van der Waals surface area contributed by atoms with Gasteiger partial charge in [-0.25, -0.2) is 0 Å². The van der Waals surface area contributed by atoms with Gasteiger partial charge in [0.15, 0.2) is 0 Å². The molecule has 1 fully saturated rings. The van der Waals surface area contributed by atoms with Crippen LogP contribution in [-0.2, 0) is 4.74 Å². The van der Waals surface area contributed by atoms with Gasteiger partial charge in [0.25, 0.3) is 0 Å². The highest BCUT2D eigenvalue weighted by Gasteiger charge is 2.22. The van der Waals surface area contributed by atoms with Gasteiger partial charge in [-0.2, -0.15) is 0 Å². The lowest BCUT2D eigenvalue weighted by Crippen LogP contribution is -2.28. The van der Waals surface area contributed by atoms with E-state index in [1.165, 1.54) is 12.8 Å². The zero-order valence-corrected chi connectivity index (χ0v) is 7.27. The van der Waals surface area contributed by atoms with Crippen molar-refractivity contribution in [3.05, 3.63) is 0 Å². The minimum absolute atomic E-state index is 0.427. The average molecular weight is 226 g/mol. The van der Waals surface area contributed by atoms with E-state index in [0.29, 0.717) is 3.42 Å². The van der Waals surface area contributed by atoms with Gasteiger partial charge in [-0.3, -0.25) is 0 Å². The van der Waals surface area contributed by atoms with Crippen molar-refractivity contribution < 1.29 is 4.74 Å². The summed E-state index contributed by atoms with van der Waals surface area (Å²) in [5.74, 6) is 0. The van der Waals surface area contributed by atoms with Crippen LogP contribution < -0.4 is 0 Å². The van der Waals surface area contributed by atoms with Gasteiger partial charge in [-0.05, 0) is 19.8 Å². The van der Waals surface area contributed by atoms with Crippen LogP contribution in [0.25, 0.3) is 0 Å². The lowest BCUT2D eigenvalue weighted by atomic mass is 10.1. The zero-order chi connectivity index (χ0) is 6.04. The first-order valence-electron chi connectivity index (χ1n) is 2.97. The van der Waals surface area contributed by atoms with Crippen molar-refractivity contribution in [3.63, 3.8) is 0 Å². The molecule has 0 aliphatic carbocycles. The third kappa shape index (κ3) is 1.90. The van der Waals surface area contributed by atoms with Gasteiger partial charge in [0.1, 0.15) is 0 Å². The van der Waals surface area contributed by atoms with Crippen molar-refractivity contribution in [1.82, 2.24) is 0 Å². The van der Waals surface area contributed by atoms with Crippen molar-refractivity contribution in [1.29, 1.82) is 0 Å². The molecule has 1 atom stereocenters. The summed E-state index contributed by atoms with van der Waals surface area (Å²) in [6.07, 6.45) is 2.55. The Morgan fingerprint density at radius 2 is 2.38 bits per heavy atom. The molecule has 1 rings (SSSR count). The van der Waals surface area contributed by atoms with Gasteiger partial charge in [0, 0.05) is 10.0 Å². The van der Waals surface area contributed by atoms with Gasteiger partial charge < -0.3 is 4.74 Å². The molecule has 0 aromatic carbocycles. The fraction of sp³-hybridized carbons (Fsp3) is 1.00. The molecule has 0 radical (unpaired) electrons. The molecule has 0 bridgehead atoms. The number of rotatable bonds is 0. The maximum absolute atomic E-state index is 5.28. The monoisotopic (exact) mass is 226 g/mol. The van der Waals surface area contributed by atoms with Crippen LogP contribution in [0.15, 0.2) is 0 Å². The second kappa shape index (κ2) is 2.52. The molecule has 1 aliphatic rings. The highest BCUT2D eigenvalue weighted by atomic mass is 127. The summed E-state index contributed by atoms with van der Waals surface area (Å²) in [6, 6.07) is 0. The number of halogens is 1. The largest absolute Gasteiger partial charge is 0.380 e. The summed E-state index contributed by atoms with van der Waals surface area (Å²) >= 11 is 2.47. The Morgan fingerprint density at radius 3 is 2.62 bits per heavy atom. The molecule has 1 heterocycles. The smallest absolute Gasteiger partial charge is 0.0609 e. The lowest BCUT2D eigenvalue weighted by Gasteiger charge is -2.26. The van der Waals surface area contributed by atoms with Crippen LogP contribution in [0.4, 0.5) is 0 Å². The lowest BCUT2D eigenvalue weighted by molar-refractivity contribution is 0.0803. The zero-order valence-electron chi connectivity index (χ0n) is 5.11. The molecular weight excluding hydrogens is 215 g/mol. The molecule has 1 aliphatic heterocycles. The van der Waals surface area contributed by atoms with Crippen LogP contribution in [0.2, 0.25) is 0 Å². The second-order valence-electron chi connectivity index (χ2n) is 2.57. The third-order valence-electron chi connectivity index (χ3n) is 1.39. The van der Waals surface area contributed by atoms with Crippen molar-refractivity contribution in [2.24, 2.45) is 0 Å². The van der Waals surface area contributed by atoms with Crippen molar-refractivity contribution in [2.75, 3.05) is 13.2 Å². The van der Waals surface area contributed by atoms with E-state index in [1.54, 1.807) is 0 Å². The Kier molecular flexibility index (Phi) is 2.14. The standard InChI is InChI=1S/C6H11IO/c1-6(7)3-2-4-8-5-6/h2-5H2,1H3. The van der Waals surface area contributed by atoms with E-state index in [-0.39, 0.29) is 0 Å². The van der Waals surface area contributed by atoms with Crippen LogP contribution >= 0.6 is 22.6 Å². The number of hydrogen-bond donors (Lipinski definition) is 0. The minimum Gasteiger partial charge on any atom is -0.380 e. The highest BCUT2D eigenvalue weighted by molar-refractivity contribution is 14.1. The fourth-order valence-electron chi connectivity index (χ4n) is 0.900. The SMILES string of the molecule is CC1(I)CCCOC1. The molecular formula is C6H11IO. The topological polar surface area (TPSA) is 9.23 Å². The van der Waals surface area contributed by atoms with Gasteiger partial charge in [-0.1, -0.05) is 22.6 Å². The molecule has 0 saturated carbocycles. The molecule has 0 N–H and O–H groups in total. The van der Waals surface area contributed by atoms with E-state index in [1.807, 2.05) is 0 Å². The average Bonchev–Trinajstić information content (AvgIpc) is 1.65. The van der Waals surface area contributed by atoms with Gasteiger partial charge in [-0.15, -0.1) is 0 Å². The number of hydrogen-bond acceptors (Lipinski definition) is 1. The molecule has 1 saturated heterocycles. The van der Waals surface area contributed by atoms with E-state index in [9.17, 15) is 0 Å². The molecule has 2 heteroatoms. The molecule has 48 valence electrons. The summed E-state index contributed by atoms with van der Waals surface area (Å²) in [7, 11) is 0. The number of alkyl halides is 1. The predicted molar refractivity (Wildman–Crippen MR) is 42.5 cm³/mol. The normalized spacial score (nSPS) is 39.8. The maximum Gasteiger partial charge on any atom is 0.0609 e. The van der Waals surface area contributed by atoms with Crippen molar-refractivity contribution in [3.8, 4) is 0 Å². The molecule has 0 amide bonds. The summed E-state index contributed by atoms with van der Waals surface area (Å²) in [4.78, 5) is 0. The van der Waals surface area contributed by atoms with Crippen LogP contribution in [0, 0.1) is 0 Å². The molecule has 1 unspecified atom stereocenters. The Bertz CT molecular complexity index is 72.6. The van der Waals surface area contributed by atoms with E-state index in [2.05, 4.69) is 29.5 Å². The van der Waals surface area contributed by atoms with Gasteiger partial charge >= 0.3 is 0 Å². The van der Waals surface area contributed by atoms with Gasteiger partial charge in [0.2, 0.25) is 0 Å². The van der Waals surface area contributed by atoms with Crippen molar-refractivity contribution >= 4 is 22.6 Å². The molecule has 8 heavy (non-hydrogen) atoms. The summed E-state index contributed by atoms with van der Waals surface area (Å²) in [6.45, 7) is 4.15. The van der Waals surface area contributed by atoms with Crippen LogP contribution in [0.3, 0.4) is 0 Å². The number of ether oxygens (including phenoxy) is 1. The Labute approximate surface area is 63.9 Å². The summed E-state index contributed by atoms with van der Waals surface area (Å²) < 4.78 is 5.70. The Hall–Kier alpha value is 0.690. The Balaban J connectivity index is 2.33. The van der Waals surface area contributed by atoms with Crippen LogP contribution in [-0.4, -0.2) is 16.6 Å². The van der Waals surface area contributed by atoms with Crippen LogP contribution in [0.1, 0.15) is 19.8 Å². The first-order valence-corrected chi connectivity index (χ1v) is 4.05. The third-order valence-corrected chi connectivity index (χ3v) is 2.24. The molecule has 0 spiro atoms. The molecule has 0 aromatic rings. The van der Waals surface area contributed by atoms with E-state index in [0.717, 1.165) is 13.2 Å². The Morgan fingerprint density at radius 1 is 1.62 bits per heavy atom. The van der Waals surface area contributed by atoms with E-state index >= 15 is 0 Å². The summed E-state index contributed by atoms with van der Waals surface area (Å²) in [5, 5.41) is 0. The molecule has 1 nitrogen and oxygen atoms in total.